The highest BCUT2D eigenvalue weighted by atomic mass is 19.3. The number of halogens is 2. The maximum Gasteiger partial charge on any atom is 0.387 e. The van der Waals surface area contributed by atoms with Crippen LogP contribution in [0, 0.1) is 0 Å². The number of likely N-dealkylation sites (N-methyl/N-ethyl adjacent to an activating group) is 1. The Bertz CT molecular complexity index is 859. The zero-order valence-corrected chi connectivity index (χ0v) is 19.0. The van der Waals surface area contributed by atoms with Gasteiger partial charge in [-0.15, -0.1) is 0 Å². The molecule has 0 unspecified atom stereocenters. The monoisotopic (exact) mass is 434 g/mol. The Balaban J connectivity index is 2.09. The van der Waals surface area contributed by atoms with Crippen LogP contribution in [0.4, 0.5) is 14.5 Å². The molecule has 0 aromatic heterocycles. The number of alkyl halides is 2. The van der Waals surface area contributed by atoms with Gasteiger partial charge in [0.1, 0.15) is 0 Å². The van der Waals surface area contributed by atoms with E-state index in [1.807, 2.05) is 30.1 Å². The first-order valence-corrected chi connectivity index (χ1v) is 10.3. The topological polar surface area (TPSA) is 50.8 Å². The number of benzene rings is 2. The maximum atomic E-state index is 12.8. The van der Waals surface area contributed by atoms with Crippen molar-refractivity contribution in [2.75, 3.05) is 26.0 Å². The van der Waals surface area contributed by atoms with Crippen molar-refractivity contribution in [2.24, 2.45) is 0 Å². The van der Waals surface area contributed by atoms with Crippen molar-refractivity contribution in [3.8, 4) is 11.5 Å². The molecule has 5 nitrogen and oxygen atoms in total. The van der Waals surface area contributed by atoms with Gasteiger partial charge in [0.2, 0.25) is 5.91 Å². The van der Waals surface area contributed by atoms with E-state index >= 15 is 0 Å². The van der Waals surface area contributed by atoms with E-state index in [1.165, 1.54) is 13.2 Å². The predicted octanol–water partition coefficient (Wildman–Crippen LogP) is 5.61. The molecule has 0 saturated carbocycles. The van der Waals surface area contributed by atoms with Crippen LogP contribution in [0.15, 0.2) is 36.4 Å². The molecule has 0 radical (unpaired) electrons. The molecule has 1 amide bonds. The summed E-state index contributed by atoms with van der Waals surface area (Å²) in [4.78, 5) is 14.6. The molecule has 0 spiro atoms. The summed E-state index contributed by atoms with van der Waals surface area (Å²) in [5, 5.41) is 3.10. The molecule has 2 rings (SSSR count). The summed E-state index contributed by atoms with van der Waals surface area (Å²) in [6.45, 7) is 6.14. The number of carbonyl (C=O) groups is 1. The smallest absolute Gasteiger partial charge is 0.387 e. The van der Waals surface area contributed by atoms with Crippen LogP contribution in [0.25, 0.3) is 0 Å². The number of hydrogen-bond donors (Lipinski definition) is 1. The zero-order chi connectivity index (χ0) is 23.1. The Labute approximate surface area is 183 Å². The minimum Gasteiger partial charge on any atom is -0.493 e. The first-order chi connectivity index (χ1) is 14.6. The van der Waals surface area contributed by atoms with Crippen LogP contribution in [-0.4, -0.2) is 38.1 Å². The largest absolute Gasteiger partial charge is 0.493 e. The number of ether oxygens (including phenoxy) is 2. The van der Waals surface area contributed by atoms with Gasteiger partial charge in [-0.05, 0) is 47.7 Å². The Hall–Kier alpha value is -2.67. The number of amides is 1. The number of hydrogen-bond acceptors (Lipinski definition) is 4. The summed E-state index contributed by atoms with van der Waals surface area (Å²) in [6, 6.07) is 10.9. The Morgan fingerprint density at radius 3 is 2.16 bits per heavy atom. The Morgan fingerprint density at radius 2 is 1.65 bits per heavy atom. The molecule has 2 aromatic rings. The van der Waals surface area contributed by atoms with E-state index in [4.69, 9.17) is 4.74 Å². The van der Waals surface area contributed by atoms with Gasteiger partial charge < -0.3 is 14.8 Å². The lowest BCUT2D eigenvalue weighted by Crippen LogP contribution is -2.30. The summed E-state index contributed by atoms with van der Waals surface area (Å²) < 4.78 is 34.6. The van der Waals surface area contributed by atoms with Crippen molar-refractivity contribution < 1.29 is 23.0 Å². The van der Waals surface area contributed by atoms with Crippen LogP contribution in [0.2, 0.25) is 0 Å². The van der Waals surface area contributed by atoms with Crippen molar-refractivity contribution in [1.82, 2.24) is 4.90 Å². The normalized spacial score (nSPS) is 11.5. The number of anilines is 1. The molecule has 0 aliphatic carbocycles. The van der Waals surface area contributed by atoms with Gasteiger partial charge in [-0.25, -0.2) is 0 Å². The van der Waals surface area contributed by atoms with Crippen LogP contribution >= 0.6 is 0 Å². The van der Waals surface area contributed by atoms with Gasteiger partial charge in [-0.2, -0.15) is 8.78 Å². The minimum atomic E-state index is -2.92. The third kappa shape index (κ3) is 6.92. The van der Waals surface area contributed by atoms with Crippen LogP contribution in [0.1, 0.15) is 56.2 Å². The van der Waals surface area contributed by atoms with E-state index < -0.39 is 6.61 Å². The molecular weight excluding hydrogens is 402 g/mol. The Kier molecular flexibility index (Phi) is 8.80. The highest BCUT2D eigenvalue weighted by molar-refractivity contribution is 5.94. The molecule has 7 heteroatoms. The number of nitrogens with zero attached hydrogens (tertiary/aromatic N) is 1. The fraction of sp³-hybridized carbons (Fsp3) is 0.458. The van der Waals surface area contributed by atoms with Gasteiger partial charge in [0.25, 0.3) is 0 Å². The van der Waals surface area contributed by atoms with E-state index in [1.54, 1.807) is 12.1 Å². The number of rotatable bonds is 10. The van der Waals surface area contributed by atoms with E-state index in [0.29, 0.717) is 6.54 Å². The van der Waals surface area contributed by atoms with Crippen molar-refractivity contribution in [3.05, 3.63) is 53.1 Å². The number of methoxy groups -OCH3 is 1. The van der Waals surface area contributed by atoms with Crippen molar-refractivity contribution in [3.63, 3.8) is 0 Å². The average molecular weight is 435 g/mol. The predicted molar refractivity (Wildman–Crippen MR) is 119 cm³/mol. The number of nitrogens with one attached hydrogen (secondary N) is 1. The van der Waals surface area contributed by atoms with Crippen molar-refractivity contribution in [1.29, 1.82) is 0 Å². The molecule has 0 aliphatic heterocycles. The first-order valence-electron chi connectivity index (χ1n) is 10.3. The van der Waals surface area contributed by atoms with Gasteiger partial charge >= 0.3 is 6.61 Å². The number of para-hydroxylation sites is 1. The van der Waals surface area contributed by atoms with Gasteiger partial charge in [0.05, 0.1) is 13.7 Å². The quantitative estimate of drug-likeness (QED) is 0.528. The van der Waals surface area contributed by atoms with Gasteiger partial charge in [0, 0.05) is 12.2 Å². The summed E-state index contributed by atoms with van der Waals surface area (Å²) in [6.07, 6.45) is 0. The second-order valence-electron chi connectivity index (χ2n) is 8.21. The van der Waals surface area contributed by atoms with Crippen molar-refractivity contribution in [2.45, 2.75) is 52.7 Å². The standard InChI is InChI=1S/C24H32F2N2O3/c1-15(2)18-8-7-9-19(16(3)4)23(18)27-22(29)14-28(5)13-17-10-11-20(31-24(25)26)21(12-17)30-6/h7-12,15-16,24H,13-14H2,1-6H3,(H,27,29). The molecule has 2 aromatic carbocycles. The highest BCUT2D eigenvalue weighted by Gasteiger charge is 2.17. The SMILES string of the molecule is COc1cc(CN(C)CC(=O)Nc2c(C(C)C)cccc2C(C)C)ccc1OC(F)F. The van der Waals surface area contributed by atoms with Gasteiger partial charge in [0.15, 0.2) is 11.5 Å². The molecule has 31 heavy (non-hydrogen) atoms. The second-order valence-corrected chi connectivity index (χ2v) is 8.21. The summed E-state index contributed by atoms with van der Waals surface area (Å²) in [5.74, 6) is 0.666. The lowest BCUT2D eigenvalue weighted by atomic mass is 9.92. The lowest BCUT2D eigenvalue weighted by molar-refractivity contribution is -0.117. The van der Waals surface area contributed by atoms with Crippen LogP contribution < -0.4 is 14.8 Å². The Morgan fingerprint density at radius 1 is 1.03 bits per heavy atom. The maximum absolute atomic E-state index is 12.8. The van der Waals surface area contributed by atoms with E-state index in [9.17, 15) is 13.6 Å². The summed E-state index contributed by atoms with van der Waals surface area (Å²) >= 11 is 0. The third-order valence-electron chi connectivity index (χ3n) is 4.95. The second kappa shape index (κ2) is 11.1. The molecule has 0 bridgehead atoms. The molecule has 0 saturated heterocycles. The third-order valence-corrected chi connectivity index (χ3v) is 4.95. The highest BCUT2D eigenvalue weighted by Crippen LogP contribution is 2.32. The van der Waals surface area contributed by atoms with E-state index in [0.717, 1.165) is 22.4 Å². The van der Waals surface area contributed by atoms with Gasteiger partial charge in [-0.3, -0.25) is 9.69 Å². The fourth-order valence-electron chi connectivity index (χ4n) is 3.49. The molecular formula is C24H32F2N2O3. The zero-order valence-electron chi connectivity index (χ0n) is 19.0. The van der Waals surface area contributed by atoms with E-state index in [2.05, 4.69) is 37.7 Å². The van der Waals surface area contributed by atoms with Gasteiger partial charge in [-0.1, -0.05) is 52.0 Å². The van der Waals surface area contributed by atoms with E-state index in [-0.39, 0.29) is 35.8 Å². The van der Waals surface area contributed by atoms with Crippen LogP contribution in [-0.2, 0) is 11.3 Å². The lowest BCUT2D eigenvalue weighted by Gasteiger charge is -2.22. The summed E-state index contributed by atoms with van der Waals surface area (Å²) in [7, 11) is 3.22. The molecule has 0 aliphatic rings. The summed E-state index contributed by atoms with van der Waals surface area (Å²) in [5.41, 5.74) is 3.93. The first kappa shape index (κ1) is 24.6. The molecule has 0 heterocycles. The minimum absolute atomic E-state index is 0.0202. The van der Waals surface area contributed by atoms with Crippen LogP contribution in [0.5, 0.6) is 11.5 Å². The molecule has 1 N–H and O–H groups in total. The molecule has 0 fully saturated rings. The van der Waals surface area contributed by atoms with Crippen molar-refractivity contribution >= 4 is 11.6 Å². The fourth-order valence-corrected chi connectivity index (χ4v) is 3.49. The number of carbonyl (C=O) groups excluding carboxylic acids is 1. The molecule has 0 atom stereocenters. The molecule has 170 valence electrons. The average Bonchev–Trinajstić information content (AvgIpc) is 2.68. The van der Waals surface area contributed by atoms with Crippen LogP contribution in [0.3, 0.4) is 0 Å².